The van der Waals surface area contributed by atoms with Gasteiger partial charge in [0.15, 0.2) is 5.96 Å². The highest BCUT2D eigenvalue weighted by atomic mass is 127. The van der Waals surface area contributed by atoms with Crippen LogP contribution in [-0.2, 0) is 18.3 Å². The van der Waals surface area contributed by atoms with Gasteiger partial charge in [0.2, 0.25) is 0 Å². The van der Waals surface area contributed by atoms with E-state index in [4.69, 9.17) is 4.74 Å². The summed E-state index contributed by atoms with van der Waals surface area (Å²) in [5.74, 6) is 0.910. The first-order valence-corrected chi connectivity index (χ1v) is 8.32. The maximum Gasteiger partial charge on any atom is 0.410 e. The van der Waals surface area contributed by atoms with Crippen molar-refractivity contribution >= 4 is 36.0 Å². The van der Waals surface area contributed by atoms with Gasteiger partial charge in [0, 0.05) is 45.0 Å². The second kappa shape index (κ2) is 7.79. The van der Waals surface area contributed by atoms with Gasteiger partial charge in [0.25, 0.3) is 0 Å². The molecule has 0 spiro atoms. The van der Waals surface area contributed by atoms with Crippen molar-refractivity contribution in [1.82, 2.24) is 24.9 Å². The van der Waals surface area contributed by atoms with E-state index in [2.05, 4.69) is 20.3 Å². The van der Waals surface area contributed by atoms with Crippen LogP contribution in [0.3, 0.4) is 0 Å². The molecule has 2 aliphatic heterocycles. The first-order chi connectivity index (χ1) is 11.3. The molecule has 3 rings (SSSR count). The summed E-state index contributed by atoms with van der Waals surface area (Å²) in [5.41, 5.74) is 0.660. The Bertz CT molecular complexity index is 639. The van der Waals surface area contributed by atoms with E-state index in [0.29, 0.717) is 26.2 Å². The number of carbonyl (C=O) groups is 1. The van der Waals surface area contributed by atoms with Gasteiger partial charge in [-0.25, -0.2) is 4.79 Å². The number of hydrogen-bond acceptors (Lipinski definition) is 6. The number of rotatable bonds is 2. The number of fused-ring (bicyclic) bond motifs is 1. The minimum atomic E-state index is -0.461. The van der Waals surface area contributed by atoms with Gasteiger partial charge in [-0.1, -0.05) is 0 Å². The molecule has 0 aliphatic carbocycles. The highest BCUT2D eigenvalue weighted by Gasteiger charge is 2.36. The van der Waals surface area contributed by atoms with Crippen molar-refractivity contribution in [3.8, 4) is 0 Å². The number of piperazine rings is 1. The van der Waals surface area contributed by atoms with Crippen LogP contribution in [0.4, 0.5) is 4.79 Å². The number of aryl methyl sites for hydroxylation is 1. The van der Waals surface area contributed by atoms with E-state index in [1.165, 1.54) is 0 Å². The number of amides is 1. The van der Waals surface area contributed by atoms with Crippen molar-refractivity contribution in [3.63, 3.8) is 0 Å². The largest absolute Gasteiger partial charge is 0.444 e. The topological polar surface area (TPSA) is 75.0 Å². The molecule has 0 radical (unpaired) electrons. The molecule has 1 unspecified atom stereocenters. The number of guanidine groups is 1. The van der Waals surface area contributed by atoms with Crippen LogP contribution in [0, 0.1) is 0 Å². The number of aliphatic imine (C=N–C) groups is 1. The predicted molar refractivity (Wildman–Crippen MR) is 106 cm³/mol. The molecule has 1 atom stereocenters. The van der Waals surface area contributed by atoms with Gasteiger partial charge in [-0.15, -0.1) is 24.0 Å². The molecule has 0 aromatic carbocycles. The number of nitrogens with zero attached hydrogens (tertiary/aromatic N) is 5. The second-order valence-corrected chi connectivity index (χ2v) is 7.31. The fraction of sp³-hybridized carbons (Fsp3) is 0.688. The Hall–Kier alpha value is -1.52. The summed E-state index contributed by atoms with van der Waals surface area (Å²) in [6, 6.07) is 0.225. The van der Waals surface area contributed by atoms with Gasteiger partial charge in [-0.3, -0.25) is 9.67 Å². The van der Waals surface area contributed by atoms with Crippen LogP contribution in [0.1, 0.15) is 26.3 Å². The van der Waals surface area contributed by atoms with Crippen molar-refractivity contribution < 1.29 is 9.53 Å². The highest BCUT2D eigenvalue weighted by Crippen LogP contribution is 2.18. The Labute approximate surface area is 165 Å². The van der Waals surface area contributed by atoms with Crippen molar-refractivity contribution in [2.45, 2.75) is 39.0 Å². The van der Waals surface area contributed by atoms with Crippen LogP contribution in [0.25, 0.3) is 0 Å². The monoisotopic (exact) mass is 462 g/mol. The summed E-state index contributed by atoms with van der Waals surface area (Å²) in [6.07, 6.45) is 3.60. The lowest BCUT2D eigenvalue weighted by molar-refractivity contribution is 0.0137. The Morgan fingerprint density at radius 3 is 2.80 bits per heavy atom. The highest BCUT2D eigenvalue weighted by molar-refractivity contribution is 14.0. The summed E-state index contributed by atoms with van der Waals surface area (Å²) in [7, 11) is 1.91. The molecule has 2 aliphatic rings. The molecular weight excluding hydrogens is 435 g/mol. The average Bonchev–Trinajstić information content (AvgIpc) is 3.08. The Morgan fingerprint density at radius 1 is 1.40 bits per heavy atom. The lowest BCUT2D eigenvalue weighted by Crippen LogP contribution is -2.57. The molecule has 1 fully saturated rings. The maximum atomic E-state index is 12.2. The van der Waals surface area contributed by atoms with Crippen molar-refractivity contribution in [2.75, 3.05) is 26.2 Å². The van der Waals surface area contributed by atoms with Crippen LogP contribution in [0.15, 0.2) is 17.4 Å². The Morgan fingerprint density at radius 2 is 2.16 bits per heavy atom. The molecule has 1 amide bonds. The molecule has 0 saturated carbocycles. The quantitative estimate of drug-likeness (QED) is 0.674. The number of hydrogen-bond donors (Lipinski definition) is 1. The molecular formula is C16H27IN6O2. The normalized spacial score (nSPS) is 19.8. The molecule has 1 aromatic rings. The minimum Gasteiger partial charge on any atom is -0.444 e. The van der Waals surface area contributed by atoms with Gasteiger partial charge in [-0.05, 0) is 20.8 Å². The average molecular weight is 462 g/mol. The van der Waals surface area contributed by atoms with Crippen molar-refractivity contribution in [1.29, 1.82) is 0 Å². The Kier molecular flexibility index (Phi) is 6.17. The third-order valence-electron chi connectivity index (χ3n) is 4.07. The number of nitrogens with one attached hydrogen (secondary N) is 1. The van der Waals surface area contributed by atoms with Crippen LogP contribution in [-0.4, -0.2) is 69.5 Å². The van der Waals surface area contributed by atoms with Gasteiger partial charge in [0.1, 0.15) is 5.60 Å². The second-order valence-electron chi connectivity index (χ2n) is 7.31. The lowest BCUT2D eigenvalue weighted by atomic mass is 10.2. The molecule has 8 nitrogen and oxygen atoms in total. The van der Waals surface area contributed by atoms with E-state index in [0.717, 1.165) is 18.1 Å². The standard InChI is InChI=1S/C16H26N6O2.HI/c1-16(2,3)24-15(23)21-5-6-22-13(11-21)9-18-14(22)17-7-12-8-19-20(4)10-12;/h8,10,13H,5-7,9,11H2,1-4H3,(H,17,18);1H. The Balaban J connectivity index is 0.00000225. The zero-order chi connectivity index (χ0) is 17.3. The van der Waals surface area contributed by atoms with Crippen molar-refractivity contribution in [2.24, 2.45) is 12.0 Å². The molecule has 9 heteroatoms. The molecule has 1 N–H and O–H groups in total. The molecule has 140 valence electrons. The number of aromatic nitrogens is 2. The van der Waals surface area contributed by atoms with E-state index < -0.39 is 5.60 Å². The number of halogens is 1. The number of ether oxygens (including phenoxy) is 1. The van der Waals surface area contributed by atoms with Gasteiger partial charge in [-0.2, -0.15) is 5.10 Å². The predicted octanol–water partition coefficient (Wildman–Crippen LogP) is 1.42. The first-order valence-electron chi connectivity index (χ1n) is 8.32. The molecule has 3 heterocycles. The maximum absolute atomic E-state index is 12.2. The smallest absolute Gasteiger partial charge is 0.410 e. The van der Waals surface area contributed by atoms with Crippen LogP contribution < -0.4 is 5.32 Å². The lowest BCUT2D eigenvalue weighted by Gasteiger charge is -2.39. The summed E-state index contributed by atoms with van der Waals surface area (Å²) >= 11 is 0. The molecule has 0 bridgehead atoms. The minimum absolute atomic E-state index is 0. The third kappa shape index (κ3) is 4.99. The summed E-state index contributed by atoms with van der Waals surface area (Å²) < 4.78 is 7.25. The SMILES string of the molecule is Cn1cc(CNC2=NCC3CN(C(=O)OC(C)(C)C)CCN23)cn1.I. The zero-order valence-corrected chi connectivity index (χ0v) is 17.6. The first kappa shape index (κ1) is 19.8. The van der Waals surface area contributed by atoms with Gasteiger partial charge < -0.3 is 19.9 Å². The van der Waals surface area contributed by atoms with Crippen LogP contribution in [0.2, 0.25) is 0 Å². The zero-order valence-electron chi connectivity index (χ0n) is 15.2. The molecule has 1 aromatic heterocycles. The molecule has 1 saturated heterocycles. The summed E-state index contributed by atoms with van der Waals surface area (Å²) in [5, 5.41) is 7.55. The fourth-order valence-corrected chi connectivity index (χ4v) is 2.97. The van der Waals surface area contributed by atoms with E-state index in [-0.39, 0.29) is 36.1 Å². The van der Waals surface area contributed by atoms with Crippen LogP contribution in [0.5, 0.6) is 0 Å². The van der Waals surface area contributed by atoms with E-state index in [1.54, 1.807) is 9.58 Å². The van der Waals surface area contributed by atoms with Crippen LogP contribution >= 0.6 is 24.0 Å². The number of carbonyl (C=O) groups excluding carboxylic acids is 1. The summed E-state index contributed by atoms with van der Waals surface area (Å²) in [6.45, 7) is 9.14. The van der Waals surface area contributed by atoms with E-state index in [1.807, 2.05) is 40.2 Å². The fourth-order valence-electron chi connectivity index (χ4n) is 2.97. The van der Waals surface area contributed by atoms with E-state index >= 15 is 0 Å². The van der Waals surface area contributed by atoms with Crippen molar-refractivity contribution in [3.05, 3.63) is 18.0 Å². The summed E-state index contributed by atoms with van der Waals surface area (Å²) in [4.78, 5) is 20.8. The molecule has 25 heavy (non-hydrogen) atoms. The third-order valence-corrected chi connectivity index (χ3v) is 4.07. The van der Waals surface area contributed by atoms with Gasteiger partial charge in [0.05, 0.1) is 18.8 Å². The van der Waals surface area contributed by atoms with Gasteiger partial charge >= 0.3 is 6.09 Å². The van der Waals surface area contributed by atoms with E-state index in [9.17, 15) is 4.79 Å².